The molecule has 17 heavy (non-hydrogen) atoms. The van der Waals surface area contributed by atoms with Crippen LogP contribution in [0.1, 0.15) is 19.3 Å². The number of hydrogen-bond acceptors (Lipinski definition) is 2. The predicted molar refractivity (Wildman–Crippen MR) is 69.6 cm³/mol. The van der Waals surface area contributed by atoms with Crippen molar-refractivity contribution in [3.63, 3.8) is 0 Å². The molecule has 2 aliphatic rings. The lowest BCUT2D eigenvalue weighted by molar-refractivity contribution is -0.129. The van der Waals surface area contributed by atoms with Gasteiger partial charge in [0.25, 0.3) is 0 Å². The van der Waals surface area contributed by atoms with Crippen molar-refractivity contribution in [1.29, 1.82) is 0 Å². The van der Waals surface area contributed by atoms with E-state index in [1.165, 1.54) is 0 Å². The molecule has 1 aliphatic heterocycles. The summed E-state index contributed by atoms with van der Waals surface area (Å²) in [6.45, 7) is 0.759. The van der Waals surface area contributed by atoms with Gasteiger partial charge in [-0.05, 0) is 25.0 Å². The van der Waals surface area contributed by atoms with Gasteiger partial charge in [-0.25, -0.2) is 0 Å². The minimum atomic E-state index is -0.197. The van der Waals surface area contributed by atoms with Crippen LogP contribution in [0.5, 0.6) is 0 Å². The van der Waals surface area contributed by atoms with Crippen LogP contribution in [-0.4, -0.2) is 19.5 Å². The van der Waals surface area contributed by atoms with E-state index < -0.39 is 0 Å². The van der Waals surface area contributed by atoms with E-state index in [0.29, 0.717) is 5.02 Å². The van der Waals surface area contributed by atoms with Crippen molar-refractivity contribution in [1.82, 2.24) is 0 Å². The number of carbonyl (C=O) groups excluding carboxylic acids is 1. The summed E-state index contributed by atoms with van der Waals surface area (Å²) in [7, 11) is 2.01. The van der Waals surface area contributed by atoms with Gasteiger partial charge < -0.3 is 10.2 Å². The molecular weight excluding hydrogens is 236 g/mol. The molecule has 1 fully saturated rings. The lowest BCUT2D eigenvalue weighted by atomic mass is 9.68. The summed E-state index contributed by atoms with van der Waals surface area (Å²) in [6, 6.07) is 5.64. The van der Waals surface area contributed by atoms with Gasteiger partial charge in [0.1, 0.15) is 0 Å². The molecular formula is C13H15ClN2O. The molecule has 1 saturated carbocycles. The first kappa shape index (κ1) is 10.9. The highest BCUT2D eigenvalue weighted by Gasteiger charge is 2.46. The molecule has 1 heterocycles. The minimum absolute atomic E-state index is 0.150. The first-order chi connectivity index (χ1) is 8.12. The standard InChI is InChI=1S/C13H15ClN2O/c1-16-8-13(6-3-7-13)12(17)15-10-5-2-4-9(14)11(10)16/h2,4-5H,3,6-8H2,1H3,(H,15,17). The maximum atomic E-state index is 12.3. The summed E-state index contributed by atoms with van der Waals surface area (Å²) < 4.78 is 0. The van der Waals surface area contributed by atoms with Crippen LogP contribution < -0.4 is 10.2 Å². The van der Waals surface area contributed by atoms with Crippen molar-refractivity contribution < 1.29 is 4.79 Å². The lowest BCUT2D eigenvalue weighted by Crippen LogP contribution is -2.47. The van der Waals surface area contributed by atoms with Crippen molar-refractivity contribution in [2.24, 2.45) is 5.41 Å². The van der Waals surface area contributed by atoms with Gasteiger partial charge in [-0.15, -0.1) is 0 Å². The highest BCUT2D eigenvalue weighted by atomic mass is 35.5. The third kappa shape index (κ3) is 1.53. The zero-order valence-corrected chi connectivity index (χ0v) is 10.5. The Morgan fingerprint density at radius 2 is 2.18 bits per heavy atom. The third-order valence-electron chi connectivity index (χ3n) is 3.95. The van der Waals surface area contributed by atoms with Crippen LogP contribution in [0.15, 0.2) is 18.2 Å². The van der Waals surface area contributed by atoms with Crippen LogP contribution in [-0.2, 0) is 4.79 Å². The fourth-order valence-electron chi connectivity index (χ4n) is 2.85. The van der Waals surface area contributed by atoms with Crippen LogP contribution in [0.2, 0.25) is 5.02 Å². The molecule has 0 radical (unpaired) electrons. The topological polar surface area (TPSA) is 32.3 Å². The number of halogens is 1. The van der Waals surface area contributed by atoms with Crippen molar-refractivity contribution in [3.8, 4) is 0 Å². The lowest BCUT2D eigenvalue weighted by Gasteiger charge is -2.41. The number of fused-ring (bicyclic) bond motifs is 1. The van der Waals surface area contributed by atoms with Gasteiger partial charge in [-0.3, -0.25) is 4.79 Å². The van der Waals surface area contributed by atoms with Crippen LogP contribution in [0, 0.1) is 5.41 Å². The minimum Gasteiger partial charge on any atom is -0.371 e. The average molecular weight is 251 g/mol. The van der Waals surface area contributed by atoms with Crippen molar-refractivity contribution in [2.45, 2.75) is 19.3 Å². The predicted octanol–water partition coefficient (Wildman–Crippen LogP) is 2.90. The zero-order valence-electron chi connectivity index (χ0n) is 9.79. The maximum Gasteiger partial charge on any atom is 0.232 e. The summed E-state index contributed by atoms with van der Waals surface area (Å²) in [5.74, 6) is 0.150. The molecule has 0 atom stereocenters. The Morgan fingerprint density at radius 3 is 2.82 bits per heavy atom. The number of anilines is 2. The molecule has 3 rings (SSSR count). The van der Waals surface area contributed by atoms with E-state index in [4.69, 9.17) is 11.6 Å². The summed E-state index contributed by atoms with van der Waals surface area (Å²) in [4.78, 5) is 14.4. The molecule has 4 heteroatoms. The number of hydrogen-bond donors (Lipinski definition) is 1. The normalized spacial score (nSPS) is 21.5. The summed E-state index contributed by atoms with van der Waals surface area (Å²) in [6.07, 6.45) is 3.11. The Kier molecular flexibility index (Phi) is 2.33. The molecule has 1 aliphatic carbocycles. The maximum absolute atomic E-state index is 12.3. The monoisotopic (exact) mass is 250 g/mol. The van der Waals surface area contributed by atoms with Gasteiger partial charge in [-0.2, -0.15) is 0 Å². The Labute approximate surface area is 106 Å². The number of nitrogens with one attached hydrogen (secondary N) is 1. The second-order valence-corrected chi connectivity index (χ2v) is 5.49. The molecule has 90 valence electrons. The zero-order chi connectivity index (χ0) is 12.0. The number of rotatable bonds is 0. The molecule has 1 amide bonds. The fourth-order valence-corrected chi connectivity index (χ4v) is 3.17. The van der Waals surface area contributed by atoms with Gasteiger partial charge in [0.15, 0.2) is 0 Å². The Balaban J connectivity index is 2.07. The first-order valence-electron chi connectivity index (χ1n) is 5.93. The second-order valence-electron chi connectivity index (χ2n) is 5.08. The number of nitrogens with zero attached hydrogens (tertiary/aromatic N) is 1. The van der Waals surface area contributed by atoms with Gasteiger partial charge in [-0.1, -0.05) is 24.1 Å². The first-order valence-corrected chi connectivity index (χ1v) is 6.31. The van der Waals surface area contributed by atoms with Gasteiger partial charge in [0.05, 0.1) is 21.8 Å². The van der Waals surface area contributed by atoms with E-state index in [1.54, 1.807) is 0 Å². The van der Waals surface area contributed by atoms with E-state index in [-0.39, 0.29) is 11.3 Å². The quantitative estimate of drug-likeness (QED) is 0.768. The molecule has 1 aromatic carbocycles. The van der Waals surface area contributed by atoms with Gasteiger partial charge >= 0.3 is 0 Å². The average Bonchev–Trinajstić information content (AvgIpc) is 2.33. The molecule has 1 spiro atoms. The third-order valence-corrected chi connectivity index (χ3v) is 4.25. The largest absolute Gasteiger partial charge is 0.371 e. The van der Waals surface area contributed by atoms with E-state index >= 15 is 0 Å². The summed E-state index contributed by atoms with van der Waals surface area (Å²) >= 11 is 6.22. The number of para-hydroxylation sites is 1. The van der Waals surface area contributed by atoms with Crippen LogP contribution in [0.25, 0.3) is 0 Å². The number of amides is 1. The van der Waals surface area contributed by atoms with E-state index in [2.05, 4.69) is 10.2 Å². The Hall–Kier alpha value is -1.22. The summed E-state index contributed by atoms with van der Waals surface area (Å²) in [5.41, 5.74) is 1.57. The van der Waals surface area contributed by atoms with Crippen LogP contribution >= 0.6 is 11.6 Å². The fraction of sp³-hybridized carbons (Fsp3) is 0.462. The Morgan fingerprint density at radius 1 is 1.41 bits per heavy atom. The molecule has 0 unspecified atom stereocenters. The highest BCUT2D eigenvalue weighted by molar-refractivity contribution is 6.34. The molecule has 3 nitrogen and oxygen atoms in total. The SMILES string of the molecule is CN1CC2(CCC2)C(=O)Nc2cccc(Cl)c21. The molecule has 0 saturated heterocycles. The second kappa shape index (κ2) is 3.64. The molecule has 1 aromatic rings. The van der Waals surface area contributed by atoms with Crippen molar-refractivity contribution in [3.05, 3.63) is 23.2 Å². The van der Waals surface area contributed by atoms with Crippen molar-refractivity contribution in [2.75, 3.05) is 23.8 Å². The molecule has 0 aromatic heterocycles. The van der Waals surface area contributed by atoms with Crippen molar-refractivity contribution >= 4 is 28.9 Å². The summed E-state index contributed by atoms with van der Waals surface area (Å²) in [5, 5.41) is 3.72. The molecule has 0 bridgehead atoms. The number of carbonyl (C=O) groups is 1. The van der Waals surface area contributed by atoms with Gasteiger partial charge in [0.2, 0.25) is 5.91 Å². The highest BCUT2D eigenvalue weighted by Crippen LogP contribution is 2.47. The van der Waals surface area contributed by atoms with E-state index in [1.807, 2.05) is 25.2 Å². The number of benzene rings is 1. The van der Waals surface area contributed by atoms with E-state index in [9.17, 15) is 4.79 Å². The Bertz CT molecular complexity index is 482. The smallest absolute Gasteiger partial charge is 0.232 e. The van der Waals surface area contributed by atoms with Gasteiger partial charge in [0, 0.05) is 13.6 Å². The van der Waals surface area contributed by atoms with Crippen LogP contribution in [0.4, 0.5) is 11.4 Å². The van der Waals surface area contributed by atoms with Crippen LogP contribution in [0.3, 0.4) is 0 Å². The van der Waals surface area contributed by atoms with E-state index in [0.717, 1.165) is 37.2 Å². The molecule has 1 N–H and O–H groups in total.